The zero-order valence-corrected chi connectivity index (χ0v) is 14.9. The van der Waals surface area contributed by atoms with Gasteiger partial charge in [-0.25, -0.2) is 4.98 Å². The highest BCUT2D eigenvalue weighted by Crippen LogP contribution is 2.28. The maximum absolute atomic E-state index is 12.6. The minimum atomic E-state index is -0.213. The first-order valence-electron chi connectivity index (χ1n) is 7.78. The van der Waals surface area contributed by atoms with Crippen molar-refractivity contribution in [3.8, 4) is 0 Å². The smallest absolute Gasteiger partial charge is 0.266 e. The molecule has 0 saturated heterocycles. The number of para-hydroxylation sites is 1. The van der Waals surface area contributed by atoms with Gasteiger partial charge in [0.05, 0.1) is 10.3 Å². The van der Waals surface area contributed by atoms with Gasteiger partial charge in [-0.1, -0.05) is 32.0 Å². The molecule has 0 atom stereocenters. The van der Waals surface area contributed by atoms with Crippen molar-refractivity contribution in [3.63, 3.8) is 0 Å². The maximum atomic E-state index is 12.6. The summed E-state index contributed by atoms with van der Waals surface area (Å²) in [6.07, 6.45) is 0. The summed E-state index contributed by atoms with van der Waals surface area (Å²) in [6, 6.07) is 7.60. The number of amides is 1. The number of hydrogen-bond donors (Lipinski definition) is 2. The summed E-state index contributed by atoms with van der Waals surface area (Å²) in [7, 11) is 0. The molecule has 5 nitrogen and oxygen atoms in total. The summed E-state index contributed by atoms with van der Waals surface area (Å²) in [6.45, 7) is 7.67. The molecule has 0 bridgehead atoms. The lowest BCUT2D eigenvalue weighted by Crippen LogP contribution is -2.14. The second kappa shape index (κ2) is 6.20. The van der Waals surface area contributed by atoms with Crippen LogP contribution in [0.5, 0.6) is 0 Å². The van der Waals surface area contributed by atoms with Gasteiger partial charge in [-0.15, -0.1) is 11.3 Å². The minimum Gasteiger partial charge on any atom is -0.321 e. The van der Waals surface area contributed by atoms with E-state index in [9.17, 15) is 9.59 Å². The molecule has 0 unspecified atom stereocenters. The van der Waals surface area contributed by atoms with E-state index in [0.717, 1.165) is 11.3 Å². The Morgan fingerprint density at radius 2 is 1.96 bits per heavy atom. The fourth-order valence-electron chi connectivity index (χ4n) is 2.54. The summed E-state index contributed by atoms with van der Waals surface area (Å²) in [4.78, 5) is 33.4. The molecule has 124 valence electrons. The standard InChI is InChI=1S/C18H19N3O2S/c1-9(2)15-20-16(22)13-11(4)14(24-18(13)21-15)17(23)19-12-8-6-5-7-10(12)3/h5-9H,1-4H3,(H,19,23)(H,20,21,22). The number of thiophene rings is 1. The van der Waals surface area contributed by atoms with Crippen molar-refractivity contribution in [1.82, 2.24) is 9.97 Å². The minimum absolute atomic E-state index is 0.119. The van der Waals surface area contributed by atoms with Crippen LogP contribution in [0.4, 0.5) is 5.69 Å². The molecule has 3 rings (SSSR count). The van der Waals surface area contributed by atoms with Gasteiger partial charge in [0.15, 0.2) is 0 Å². The lowest BCUT2D eigenvalue weighted by molar-refractivity contribution is 0.103. The zero-order chi connectivity index (χ0) is 17.4. The van der Waals surface area contributed by atoms with Crippen molar-refractivity contribution in [3.05, 3.63) is 56.4 Å². The molecule has 2 heterocycles. The van der Waals surface area contributed by atoms with Gasteiger partial charge in [0.1, 0.15) is 10.7 Å². The van der Waals surface area contributed by atoms with Crippen LogP contribution in [-0.4, -0.2) is 15.9 Å². The van der Waals surface area contributed by atoms with Gasteiger partial charge >= 0.3 is 0 Å². The number of carbonyl (C=O) groups is 1. The van der Waals surface area contributed by atoms with Gasteiger partial charge in [-0.05, 0) is 31.0 Å². The SMILES string of the molecule is Cc1ccccc1NC(=O)c1sc2nc(C(C)C)[nH]c(=O)c2c1C. The van der Waals surface area contributed by atoms with E-state index in [0.29, 0.717) is 26.5 Å². The second-order valence-corrected chi connectivity index (χ2v) is 7.11. The Labute approximate surface area is 143 Å². The Hall–Kier alpha value is -2.47. The number of benzene rings is 1. The number of hydrogen-bond acceptors (Lipinski definition) is 4. The molecule has 3 aromatic rings. The van der Waals surface area contributed by atoms with Crippen LogP contribution in [0.3, 0.4) is 0 Å². The van der Waals surface area contributed by atoms with Crippen LogP contribution in [0.25, 0.3) is 10.2 Å². The van der Waals surface area contributed by atoms with Crippen LogP contribution in [0.2, 0.25) is 0 Å². The van der Waals surface area contributed by atoms with Gasteiger partial charge < -0.3 is 10.3 Å². The number of H-pyrrole nitrogens is 1. The first kappa shape index (κ1) is 16.4. The van der Waals surface area contributed by atoms with Crippen LogP contribution in [0.15, 0.2) is 29.1 Å². The number of aromatic amines is 1. The Bertz CT molecular complexity index is 986. The number of nitrogens with zero attached hydrogens (tertiary/aromatic N) is 1. The highest BCUT2D eigenvalue weighted by molar-refractivity contribution is 7.20. The molecule has 24 heavy (non-hydrogen) atoms. The zero-order valence-electron chi connectivity index (χ0n) is 14.1. The molecular weight excluding hydrogens is 322 g/mol. The molecule has 2 aromatic heterocycles. The predicted molar refractivity (Wildman–Crippen MR) is 98.2 cm³/mol. The quantitative estimate of drug-likeness (QED) is 0.757. The van der Waals surface area contributed by atoms with Gasteiger partial charge in [-0.2, -0.15) is 0 Å². The molecule has 0 aliphatic rings. The highest BCUT2D eigenvalue weighted by atomic mass is 32.1. The molecule has 2 N–H and O–H groups in total. The monoisotopic (exact) mass is 341 g/mol. The van der Waals surface area contributed by atoms with E-state index in [2.05, 4.69) is 15.3 Å². The third-order valence-corrected chi connectivity index (χ3v) is 5.15. The van der Waals surface area contributed by atoms with Crippen LogP contribution in [-0.2, 0) is 0 Å². The molecule has 1 amide bonds. The van der Waals surface area contributed by atoms with Crippen molar-refractivity contribution in [2.45, 2.75) is 33.6 Å². The third kappa shape index (κ3) is 2.85. The van der Waals surface area contributed by atoms with Crippen LogP contribution < -0.4 is 10.9 Å². The predicted octanol–water partition coefficient (Wildman–Crippen LogP) is 3.98. The van der Waals surface area contributed by atoms with Gasteiger partial charge in [0, 0.05) is 11.6 Å². The van der Waals surface area contributed by atoms with E-state index in [4.69, 9.17) is 0 Å². The first-order valence-corrected chi connectivity index (χ1v) is 8.60. The third-order valence-electron chi connectivity index (χ3n) is 3.97. The fraction of sp³-hybridized carbons (Fsp3) is 0.278. The Morgan fingerprint density at radius 3 is 2.62 bits per heavy atom. The van der Waals surface area contributed by atoms with Crippen molar-refractivity contribution in [1.29, 1.82) is 0 Å². The lowest BCUT2D eigenvalue weighted by Gasteiger charge is -2.07. The first-order chi connectivity index (χ1) is 11.4. The van der Waals surface area contributed by atoms with E-state index in [1.807, 2.05) is 45.0 Å². The van der Waals surface area contributed by atoms with E-state index in [-0.39, 0.29) is 17.4 Å². The van der Waals surface area contributed by atoms with E-state index >= 15 is 0 Å². The number of aromatic nitrogens is 2. The van der Waals surface area contributed by atoms with Crippen LogP contribution >= 0.6 is 11.3 Å². The Balaban J connectivity index is 2.05. The van der Waals surface area contributed by atoms with Crippen molar-refractivity contribution < 1.29 is 4.79 Å². The average Bonchev–Trinajstić information content (AvgIpc) is 2.87. The van der Waals surface area contributed by atoms with Crippen LogP contribution in [0, 0.1) is 13.8 Å². The summed E-state index contributed by atoms with van der Waals surface area (Å²) in [5.41, 5.74) is 2.24. The lowest BCUT2D eigenvalue weighted by atomic mass is 10.1. The summed E-state index contributed by atoms with van der Waals surface area (Å²) >= 11 is 1.26. The van der Waals surface area contributed by atoms with Gasteiger partial charge in [0.2, 0.25) is 0 Å². The number of anilines is 1. The van der Waals surface area contributed by atoms with E-state index in [1.165, 1.54) is 11.3 Å². The summed E-state index contributed by atoms with van der Waals surface area (Å²) in [5, 5.41) is 3.42. The number of rotatable bonds is 3. The molecule has 0 aliphatic carbocycles. The fourth-order valence-corrected chi connectivity index (χ4v) is 3.63. The number of carbonyl (C=O) groups excluding carboxylic acids is 1. The normalized spacial score (nSPS) is 11.2. The summed E-state index contributed by atoms with van der Waals surface area (Å²) < 4.78 is 0. The molecular formula is C18H19N3O2S. The Kier molecular flexibility index (Phi) is 4.24. The Morgan fingerprint density at radius 1 is 1.25 bits per heavy atom. The van der Waals surface area contributed by atoms with Crippen molar-refractivity contribution in [2.24, 2.45) is 0 Å². The van der Waals surface area contributed by atoms with Crippen LogP contribution in [0.1, 0.15) is 46.4 Å². The maximum Gasteiger partial charge on any atom is 0.266 e. The number of fused-ring (bicyclic) bond motifs is 1. The van der Waals surface area contributed by atoms with E-state index < -0.39 is 0 Å². The van der Waals surface area contributed by atoms with E-state index in [1.54, 1.807) is 6.92 Å². The van der Waals surface area contributed by atoms with Gasteiger partial charge in [0.25, 0.3) is 11.5 Å². The molecule has 0 spiro atoms. The summed E-state index contributed by atoms with van der Waals surface area (Å²) in [5.74, 6) is 0.545. The van der Waals surface area contributed by atoms with Crippen molar-refractivity contribution >= 4 is 33.1 Å². The largest absolute Gasteiger partial charge is 0.321 e. The highest BCUT2D eigenvalue weighted by Gasteiger charge is 2.20. The number of nitrogens with one attached hydrogen (secondary N) is 2. The topological polar surface area (TPSA) is 74.8 Å². The molecule has 0 saturated carbocycles. The molecule has 0 aliphatic heterocycles. The number of aryl methyl sites for hydroxylation is 2. The average molecular weight is 341 g/mol. The second-order valence-electron chi connectivity index (χ2n) is 6.11. The van der Waals surface area contributed by atoms with Crippen molar-refractivity contribution in [2.75, 3.05) is 5.32 Å². The molecule has 1 aromatic carbocycles. The van der Waals surface area contributed by atoms with Gasteiger partial charge in [-0.3, -0.25) is 9.59 Å². The molecule has 0 fully saturated rings. The molecule has 6 heteroatoms. The molecule has 0 radical (unpaired) electrons.